The SMILES string of the molecule is COC(=O)[C@H](N)C(C)(C)SCc1ccccc1/C=C/C(=O)OCc1ccccc1. The number of rotatable bonds is 9. The van der Waals surface area contributed by atoms with Gasteiger partial charge < -0.3 is 15.2 Å². The predicted molar refractivity (Wildman–Crippen MR) is 117 cm³/mol. The Morgan fingerprint density at radius 2 is 1.76 bits per heavy atom. The van der Waals surface area contributed by atoms with Crippen LogP contribution in [0.5, 0.6) is 0 Å². The molecule has 154 valence electrons. The van der Waals surface area contributed by atoms with Gasteiger partial charge in [-0.2, -0.15) is 0 Å². The largest absolute Gasteiger partial charge is 0.468 e. The molecule has 2 rings (SSSR count). The highest BCUT2D eigenvalue weighted by molar-refractivity contribution is 7.99. The van der Waals surface area contributed by atoms with Crippen molar-refractivity contribution in [3.05, 3.63) is 77.4 Å². The van der Waals surface area contributed by atoms with Gasteiger partial charge in [-0.3, -0.25) is 4.79 Å². The Morgan fingerprint density at radius 1 is 1.10 bits per heavy atom. The molecule has 0 unspecified atom stereocenters. The molecule has 0 aliphatic heterocycles. The number of benzene rings is 2. The second kappa shape index (κ2) is 10.8. The van der Waals surface area contributed by atoms with E-state index in [1.54, 1.807) is 17.8 Å². The second-order valence-corrected chi connectivity index (χ2v) is 8.65. The van der Waals surface area contributed by atoms with Gasteiger partial charge in [0.1, 0.15) is 12.6 Å². The summed E-state index contributed by atoms with van der Waals surface area (Å²) in [5, 5.41) is 0. The lowest BCUT2D eigenvalue weighted by atomic mass is 10.0. The molecule has 5 nitrogen and oxygen atoms in total. The predicted octanol–water partition coefficient (Wildman–Crippen LogP) is 3.96. The van der Waals surface area contributed by atoms with E-state index >= 15 is 0 Å². The number of nitrogens with two attached hydrogens (primary N) is 1. The maximum atomic E-state index is 12.0. The molecule has 0 saturated carbocycles. The number of hydrogen-bond acceptors (Lipinski definition) is 6. The summed E-state index contributed by atoms with van der Waals surface area (Å²) in [5.41, 5.74) is 8.91. The molecule has 0 aliphatic rings. The third kappa shape index (κ3) is 7.07. The number of thioether (sulfide) groups is 1. The molecule has 2 aromatic carbocycles. The lowest BCUT2D eigenvalue weighted by Crippen LogP contribution is -2.47. The zero-order chi connectivity index (χ0) is 21.3. The highest BCUT2D eigenvalue weighted by atomic mass is 32.2. The van der Waals surface area contributed by atoms with Crippen LogP contribution in [-0.4, -0.2) is 29.8 Å². The molecule has 0 radical (unpaired) electrons. The van der Waals surface area contributed by atoms with Crippen molar-refractivity contribution < 1.29 is 19.1 Å². The molecule has 0 amide bonds. The van der Waals surface area contributed by atoms with Crippen LogP contribution in [0.15, 0.2) is 60.7 Å². The molecule has 0 aromatic heterocycles. The molecule has 2 aromatic rings. The second-order valence-electron chi connectivity index (χ2n) is 7.02. The van der Waals surface area contributed by atoms with E-state index in [0.29, 0.717) is 5.75 Å². The van der Waals surface area contributed by atoms with E-state index in [2.05, 4.69) is 0 Å². The van der Waals surface area contributed by atoms with Gasteiger partial charge in [0.2, 0.25) is 0 Å². The van der Waals surface area contributed by atoms with Gasteiger partial charge in [0.05, 0.1) is 7.11 Å². The standard InChI is InChI=1S/C23H27NO4S/c1-23(2,21(24)22(26)27-3)29-16-19-12-8-7-11-18(19)13-14-20(25)28-15-17-9-5-4-6-10-17/h4-14,21H,15-16,24H2,1-3H3/b14-13+/t21-/m0/s1. The van der Waals surface area contributed by atoms with Gasteiger partial charge in [0, 0.05) is 16.6 Å². The molecular weight excluding hydrogens is 386 g/mol. The van der Waals surface area contributed by atoms with Crippen LogP contribution >= 0.6 is 11.8 Å². The van der Waals surface area contributed by atoms with Crippen LogP contribution in [0.4, 0.5) is 0 Å². The quantitative estimate of drug-likeness (QED) is 0.495. The fourth-order valence-corrected chi connectivity index (χ4v) is 3.59. The first-order chi connectivity index (χ1) is 13.8. The molecule has 0 heterocycles. The van der Waals surface area contributed by atoms with Crippen LogP contribution in [0, 0.1) is 0 Å². The summed E-state index contributed by atoms with van der Waals surface area (Å²) in [6.07, 6.45) is 3.17. The number of hydrogen-bond donors (Lipinski definition) is 1. The fraction of sp³-hybridized carbons (Fsp3) is 0.304. The number of carbonyl (C=O) groups excluding carboxylic acids is 2. The number of esters is 2. The first-order valence-electron chi connectivity index (χ1n) is 9.27. The van der Waals surface area contributed by atoms with E-state index in [1.165, 1.54) is 13.2 Å². The summed E-state index contributed by atoms with van der Waals surface area (Å²) in [7, 11) is 1.33. The van der Waals surface area contributed by atoms with Crippen LogP contribution in [0.3, 0.4) is 0 Å². The van der Waals surface area contributed by atoms with Crippen LogP contribution in [0.2, 0.25) is 0 Å². The summed E-state index contributed by atoms with van der Waals surface area (Å²) in [4.78, 5) is 23.8. The van der Waals surface area contributed by atoms with Crippen molar-refractivity contribution in [2.75, 3.05) is 7.11 Å². The molecule has 29 heavy (non-hydrogen) atoms. The van der Waals surface area contributed by atoms with Gasteiger partial charge in [-0.05, 0) is 36.6 Å². The van der Waals surface area contributed by atoms with Crippen LogP contribution < -0.4 is 5.73 Å². The van der Waals surface area contributed by atoms with Crippen molar-refractivity contribution in [2.45, 2.75) is 37.0 Å². The van der Waals surface area contributed by atoms with Crippen molar-refractivity contribution in [1.29, 1.82) is 0 Å². The van der Waals surface area contributed by atoms with E-state index in [4.69, 9.17) is 15.2 Å². The highest BCUT2D eigenvalue weighted by Crippen LogP contribution is 2.32. The van der Waals surface area contributed by atoms with E-state index in [9.17, 15) is 9.59 Å². The Labute approximate surface area is 176 Å². The van der Waals surface area contributed by atoms with Crippen molar-refractivity contribution in [1.82, 2.24) is 0 Å². The molecular formula is C23H27NO4S. The van der Waals surface area contributed by atoms with Crippen LogP contribution in [0.1, 0.15) is 30.5 Å². The van der Waals surface area contributed by atoms with Gasteiger partial charge in [-0.25, -0.2) is 4.79 Å². The third-order valence-electron chi connectivity index (χ3n) is 4.48. The zero-order valence-electron chi connectivity index (χ0n) is 17.0. The summed E-state index contributed by atoms with van der Waals surface area (Å²) < 4.78 is 9.53. The molecule has 0 saturated heterocycles. The Bertz CT molecular complexity index is 849. The van der Waals surface area contributed by atoms with Gasteiger partial charge in [0.15, 0.2) is 0 Å². The molecule has 6 heteroatoms. The molecule has 0 fully saturated rings. The topological polar surface area (TPSA) is 78.6 Å². The minimum Gasteiger partial charge on any atom is -0.468 e. The maximum Gasteiger partial charge on any atom is 0.331 e. The van der Waals surface area contributed by atoms with Gasteiger partial charge in [-0.1, -0.05) is 54.6 Å². The van der Waals surface area contributed by atoms with Crippen molar-refractivity contribution in [3.8, 4) is 0 Å². The van der Waals surface area contributed by atoms with Crippen molar-refractivity contribution >= 4 is 29.8 Å². The molecule has 0 aliphatic carbocycles. The van der Waals surface area contributed by atoms with E-state index in [-0.39, 0.29) is 6.61 Å². The Morgan fingerprint density at radius 3 is 2.45 bits per heavy atom. The Hall–Kier alpha value is -2.57. The Balaban J connectivity index is 1.98. The van der Waals surface area contributed by atoms with E-state index < -0.39 is 22.7 Å². The first-order valence-corrected chi connectivity index (χ1v) is 10.3. The minimum absolute atomic E-state index is 0.237. The normalized spacial score (nSPS) is 12.6. The van der Waals surface area contributed by atoms with Gasteiger partial charge >= 0.3 is 11.9 Å². The molecule has 0 spiro atoms. The smallest absolute Gasteiger partial charge is 0.331 e. The van der Waals surface area contributed by atoms with E-state index in [1.807, 2.05) is 68.4 Å². The summed E-state index contributed by atoms with van der Waals surface area (Å²) in [6, 6.07) is 16.6. The Kier molecular flexibility index (Phi) is 8.49. The summed E-state index contributed by atoms with van der Waals surface area (Å²) >= 11 is 1.56. The average molecular weight is 414 g/mol. The fourth-order valence-electron chi connectivity index (χ4n) is 2.53. The number of ether oxygens (including phenoxy) is 2. The first kappa shape index (κ1) is 22.7. The van der Waals surface area contributed by atoms with E-state index in [0.717, 1.165) is 16.7 Å². The van der Waals surface area contributed by atoms with Crippen LogP contribution in [0.25, 0.3) is 6.08 Å². The summed E-state index contributed by atoms with van der Waals surface area (Å²) in [5.74, 6) is -0.196. The average Bonchev–Trinajstić information content (AvgIpc) is 2.75. The number of methoxy groups -OCH3 is 1. The van der Waals surface area contributed by atoms with Gasteiger partial charge in [-0.15, -0.1) is 11.8 Å². The third-order valence-corrected chi connectivity index (χ3v) is 5.94. The van der Waals surface area contributed by atoms with Crippen molar-refractivity contribution in [2.24, 2.45) is 5.73 Å². The highest BCUT2D eigenvalue weighted by Gasteiger charge is 2.33. The van der Waals surface area contributed by atoms with Crippen molar-refractivity contribution in [3.63, 3.8) is 0 Å². The minimum atomic E-state index is -0.729. The van der Waals surface area contributed by atoms with Crippen LogP contribution in [-0.2, 0) is 31.4 Å². The maximum absolute atomic E-state index is 12.0. The lowest BCUT2D eigenvalue weighted by Gasteiger charge is -2.29. The number of carbonyl (C=O) groups is 2. The lowest BCUT2D eigenvalue weighted by molar-refractivity contribution is -0.142. The monoisotopic (exact) mass is 413 g/mol. The zero-order valence-corrected chi connectivity index (χ0v) is 17.8. The van der Waals surface area contributed by atoms with Gasteiger partial charge in [0.25, 0.3) is 0 Å². The molecule has 0 bridgehead atoms. The summed E-state index contributed by atoms with van der Waals surface area (Å²) in [6.45, 7) is 4.07. The molecule has 2 N–H and O–H groups in total. The molecule has 1 atom stereocenters.